The Hall–Kier alpha value is -2.33. The Morgan fingerprint density at radius 3 is 2.65 bits per heavy atom. The molecule has 0 spiro atoms. The van der Waals surface area contributed by atoms with Crippen LogP contribution < -0.4 is 5.32 Å². The molecule has 1 aliphatic heterocycles. The van der Waals surface area contributed by atoms with Crippen molar-refractivity contribution in [2.24, 2.45) is 0 Å². The molecule has 1 fully saturated rings. The third-order valence-electron chi connectivity index (χ3n) is 4.48. The smallest absolute Gasteiger partial charge is 0.238 e. The lowest BCUT2D eigenvalue weighted by molar-refractivity contribution is -0.117. The number of carbonyl (C=O) groups excluding carboxylic acids is 1. The van der Waals surface area contributed by atoms with Crippen LogP contribution in [-0.2, 0) is 4.79 Å². The van der Waals surface area contributed by atoms with Crippen LogP contribution in [0.2, 0.25) is 0 Å². The molecule has 4 nitrogen and oxygen atoms in total. The van der Waals surface area contributed by atoms with Crippen LogP contribution in [0.1, 0.15) is 19.3 Å². The van der Waals surface area contributed by atoms with Gasteiger partial charge in [-0.2, -0.15) is 0 Å². The Morgan fingerprint density at radius 1 is 1.00 bits per heavy atom. The minimum atomic E-state index is 0.0547. The van der Waals surface area contributed by atoms with Gasteiger partial charge in [-0.1, -0.05) is 24.6 Å². The molecule has 2 aromatic carbocycles. The van der Waals surface area contributed by atoms with E-state index in [9.17, 15) is 4.79 Å². The molecule has 1 N–H and O–H groups in total. The number of likely N-dealkylation sites (tertiary alicyclic amines) is 1. The number of piperidine rings is 1. The van der Waals surface area contributed by atoms with Gasteiger partial charge in [0.1, 0.15) is 11.2 Å². The first-order valence-corrected chi connectivity index (χ1v) is 8.23. The molecule has 0 aliphatic carbocycles. The second-order valence-corrected chi connectivity index (χ2v) is 6.19. The molecule has 0 unspecified atom stereocenters. The zero-order valence-electron chi connectivity index (χ0n) is 13.0. The maximum absolute atomic E-state index is 12.2. The van der Waals surface area contributed by atoms with Crippen LogP contribution in [0.3, 0.4) is 0 Å². The van der Waals surface area contributed by atoms with Crippen molar-refractivity contribution in [2.45, 2.75) is 19.3 Å². The summed E-state index contributed by atoms with van der Waals surface area (Å²) in [6.45, 7) is 2.53. The summed E-state index contributed by atoms with van der Waals surface area (Å²) < 4.78 is 5.81. The average molecular weight is 308 g/mol. The Kier molecular flexibility index (Phi) is 3.75. The fourth-order valence-electron chi connectivity index (χ4n) is 3.32. The van der Waals surface area contributed by atoms with Crippen molar-refractivity contribution in [1.29, 1.82) is 0 Å². The fourth-order valence-corrected chi connectivity index (χ4v) is 3.32. The van der Waals surface area contributed by atoms with Gasteiger partial charge in [-0.3, -0.25) is 9.69 Å². The maximum Gasteiger partial charge on any atom is 0.238 e. The van der Waals surface area contributed by atoms with E-state index in [2.05, 4.69) is 10.2 Å². The number of nitrogens with one attached hydrogen (secondary N) is 1. The lowest BCUT2D eigenvalue weighted by atomic mass is 10.1. The summed E-state index contributed by atoms with van der Waals surface area (Å²) in [4.78, 5) is 14.5. The third kappa shape index (κ3) is 2.94. The van der Waals surface area contributed by atoms with E-state index in [1.807, 2.05) is 42.5 Å². The van der Waals surface area contributed by atoms with Gasteiger partial charge in [0.25, 0.3) is 0 Å². The number of furan rings is 1. The Morgan fingerprint density at radius 2 is 1.78 bits per heavy atom. The summed E-state index contributed by atoms with van der Waals surface area (Å²) in [6, 6.07) is 13.8. The van der Waals surface area contributed by atoms with Gasteiger partial charge < -0.3 is 9.73 Å². The molecule has 3 aromatic rings. The monoisotopic (exact) mass is 308 g/mol. The van der Waals surface area contributed by atoms with E-state index in [0.717, 1.165) is 40.7 Å². The Balaban J connectivity index is 1.54. The van der Waals surface area contributed by atoms with Gasteiger partial charge in [-0.15, -0.1) is 0 Å². The summed E-state index contributed by atoms with van der Waals surface area (Å²) in [5.41, 5.74) is 2.55. The van der Waals surface area contributed by atoms with Crippen molar-refractivity contribution >= 4 is 33.5 Å². The van der Waals surface area contributed by atoms with Crippen LogP contribution in [0.5, 0.6) is 0 Å². The van der Waals surface area contributed by atoms with Gasteiger partial charge in [0.05, 0.1) is 6.54 Å². The SMILES string of the molecule is O=C(CN1CCCCC1)Nc1ccc2oc3ccccc3c2c1. The second-order valence-electron chi connectivity index (χ2n) is 6.19. The van der Waals surface area contributed by atoms with Crippen molar-refractivity contribution in [3.8, 4) is 0 Å². The van der Waals surface area contributed by atoms with Crippen LogP contribution in [0.15, 0.2) is 46.9 Å². The van der Waals surface area contributed by atoms with Crippen LogP contribution in [0.4, 0.5) is 5.69 Å². The van der Waals surface area contributed by atoms with E-state index < -0.39 is 0 Å². The number of rotatable bonds is 3. The number of para-hydroxylation sites is 1. The largest absolute Gasteiger partial charge is 0.456 e. The van der Waals surface area contributed by atoms with Crippen LogP contribution in [-0.4, -0.2) is 30.4 Å². The molecule has 118 valence electrons. The number of benzene rings is 2. The lowest BCUT2D eigenvalue weighted by Gasteiger charge is -2.25. The molecule has 1 saturated heterocycles. The predicted octanol–water partition coefficient (Wildman–Crippen LogP) is 4.01. The zero-order chi connectivity index (χ0) is 15.6. The molecule has 0 atom stereocenters. The molecular weight excluding hydrogens is 288 g/mol. The first kappa shape index (κ1) is 14.3. The molecule has 0 radical (unpaired) electrons. The summed E-state index contributed by atoms with van der Waals surface area (Å²) in [5, 5.41) is 5.13. The molecule has 1 amide bonds. The fraction of sp³-hybridized carbons (Fsp3) is 0.316. The van der Waals surface area contributed by atoms with Crippen LogP contribution in [0.25, 0.3) is 21.9 Å². The van der Waals surface area contributed by atoms with Crippen molar-refractivity contribution in [3.63, 3.8) is 0 Å². The average Bonchev–Trinajstić information content (AvgIpc) is 2.94. The van der Waals surface area contributed by atoms with Gasteiger partial charge in [0, 0.05) is 16.5 Å². The van der Waals surface area contributed by atoms with Crippen LogP contribution in [0, 0.1) is 0 Å². The molecule has 0 bridgehead atoms. The van der Waals surface area contributed by atoms with E-state index in [0.29, 0.717) is 6.54 Å². The van der Waals surface area contributed by atoms with Gasteiger partial charge in [-0.05, 0) is 50.2 Å². The molecular formula is C19H20N2O2. The number of hydrogen-bond donors (Lipinski definition) is 1. The standard InChI is InChI=1S/C19H20N2O2/c22-19(13-21-10-4-1-5-11-21)20-14-8-9-18-16(12-14)15-6-2-3-7-17(15)23-18/h2-3,6-9,12H,1,4-5,10-11,13H2,(H,20,22). The van der Waals surface area contributed by atoms with Crippen molar-refractivity contribution in [3.05, 3.63) is 42.5 Å². The normalized spacial score (nSPS) is 16.0. The van der Waals surface area contributed by atoms with Crippen molar-refractivity contribution in [1.82, 2.24) is 4.90 Å². The highest BCUT2D eigenvalue weighted by Gasteiger charge is 2.14. The third-order valence-corrected chi connectivity index (χ3v) is 4.48. The number of nitrogens with zero attached hydrogens (tertiary/aromatic N) is 1. The van der Waals surface area contributed by atoms with E-state index in [1.54, 1.807) is 0 Å². The maximum atomic E-state index is 12.2. The van der Waals surface area contributed by atoms with Gasteiger partial charge in [0.2, 0.25) is 5.91 Å². The van der Waals surface area contributed by atoms with E-state index >= 15 is 0 Å². The van der Waals surface area contributed by atoms with E-state index in [-0.39, 0.29) is 5.91 Å². The van der Waals surface area contributed by atoms with Gasteiger partial charge in [-0.25, -0.2) is 0 Å². The summed E-state index contributed by atoms with van der Waals surface area (Å²) in [6.07, 6.45) is 3.67. The minimum Gasteiger partial charge on any atom is -0.456 e. The highest BCUT2D eigenvalue weighted by atomic mass is 16.3. The Labute approximate surface area is 135 Å². The molecule has 1 aromatic heterocycles. The molecule has 1 aliphatic rings. The van der Waals surface area contributed by atoms with E-state index in [4.69, 9.17) is 4.42 Å². The first-order chi connectivity index (χ1) is 11.3. The zero-order valence-corrected chi connectivity index (χ0v) is 13.0. The number of carbonyl (C=O) groups is 1. The minimum absolute atomic E-state index is 0.0547. The number of amides is 1. The number of hydrogen-bond acceptors (Lipinski definition) is 3. The van der Waals surface area contributed by atoms with Gasteiger partial charge >= 0.3 is 0 Å². The highest BCUT2D eigenvalue weighted by molar-refractivity contribution is 6.07. The molecule has 2 heterocycles. The molecule has 0 saturated carbocycles. The van der Waals surface area contributed by atoms with E-state index in [1.165, 1.54) is 19.3 Å². The molecule has 23 heavy (non-hydrogen) atoms. The Bertz CT molecular complexity index is 847. The van der Waals surface area contributed by atoms with Crippen molar-refractivity contribution < 1.29 is 9.21 Å². The summed E-state index contributed by atoms with van der Waals surface area (Å²) in [7, 11) is 0. The predicted molar refractivity (Wildman–Crippen MR) is 92.6 cm³/mol. The number of fused-ring (bicyclic) bond motifs is 3. The molecule has 4 heteroatoms. The quantitative estimate of drug-likeness (QED) is 0.795. The molecule has 4 rings (SSSR count). The van der Waals surface area contributed by atoms with Crippen molar-refractivity contribution in [2.75, 3.05) is 25.0 Å². The topological polar surface area (TPSA) is 45.5 Å². The summed E-state index contributed by atoms with van der Waals surface area (Å²) >= 11 is 0. The van der Waals surface area contributed by atoms with Gasteiger partial charge in [0.15, 0.2) is 0 Å². The van der Waals surface area contributed by atoms with Crippen LogP contribution >= 0.6 is 0 Å². The number of anilines is 1. The summed E-state index contributed by atoms with van der Waals surface area (Å²) in [5.74, 6) is 0.0547. The highest BCUT2D eigenvalue weighted by Crippen LogP contribution is 2.30. The lowest BCUT2D eigenvalue weighted by Crippen LogP contribution is -2.36. The second kappa shape index (κ2) is 6.05. The first-order valence-electron chi connectivity index (χ1n) is 8.23.